The molecule has 0 unspecified atom stereocenters. The van der Waals surface area contributed by atoms with Gasteiger partial charge < -0.3 is 19.2 Å². The minimum absolute atomic E-state index is 0.205. The summed E-state index contributed by atoms with van der Waals surface area (Å²) in [6.07, 6.45) is 0. The average molecular weight is 388 g/mol. The van der Waals surface area contributed by atoms with Crippen molar-refractivity contribution in [2.24, 2.45) is 0 Å². The fourth-order valence-corrected chi connectivity index (χ4v) is 2.96. The number of nitrogens with one attached hydrogen (secondary N) is 1. The third-order valence-corrected chi connectivity index (χ3v) is 4.39. The van der Waals surface area contributed by atoms with Crippen LogP contribution in [0, 0.1) is 0 Å². The smallest absolute Gasteiger partial charge is 0.255 e. The van der Waals surface area contributed by atoms with Crippen molar-refractivity contribution >= 4 is 22.7 Å². The van der Waals surface area contributed by atoms with Crippen LogP contribution in [0.4, 0.5) is 5.69 Å². The van der Waals surface area contributed by atoms with Gasteiger partial charge in [0.2, 0.25) is 5.89 Å². The number of carbonyl (C=O) groups is 1. The number of fused-ring (bicyclic) bond motifs is 1. The molecule has 0 bridgehead atoms. The molecule has 1 N–H and O–H groups in total. The van der Waals surface area contributed by atoms with Crippen LogP contribution in [0.3, 0.4) is 0 Å². The SMILES string of the molecule is CCOc1ccc(C(=O)Nc2ccc3oc(-c4cccc(OC)c4)nc3c2)cc1. The van der Waals surface area contributed by atoms with Crippen molar-refractivity contribution in [2.75, 3.05) is 19.0 Å². The van der Waals surface area contributed by atoms with Crippen LogP contribution < -0.4 is 14.8 Å². The largest absolute Gasteiger partial charge is 0.497 e. The predicted octanol–water partition coefficient (Wildman–Crippen LogP) is 5.15. The summed E-state index contributed by atoms with van der Waals surface area (Å²) in [6, 6.07) is 19.9. The number of nitrogens with zero attached hydrogens (tertiary/aromatic N) is 1. The van der Waals surface area contributed by atoms with Gasteiger partial charge in [-0.25, -0.2) is 4.98 Å². The van der Waals surface area contributed by atoms with Crippen molar-refractivity contribution in [3.63, 3.8) is 0 Å². The first-order valence-corrected chi connectivity index (χ1v) is 9.25. The van der Waals surface area contributed by atoms with Crippen LogP contribution in [0.1, 0.15) is 17.3 Å². The van der Waals surface area contributed by atoms with E-state index in [-0.39, 0.29) is 5.91 Å². The molecule has 0 atom stereocenters. The summed E-state index contributed by atoms with van der Waals surface area (Å²) in [5, 5.41) is 2.89. The first kappa shape index (κ1) is 18.6. The molecule has 1 amide bonds. The van der Waals surface area contributed by atoms with E-state index in [0.717, 1.165) is 17.1 Å². The van der Waals surface area contributed by atoms with Gasteiger partial charge in [0.15, 0.2) is 5.58 Å². The zero-order valence-corrected chi connectivity index (χ0v) is 16.1. The van der Waals surface area contributed by atoms with Crippen LogP contribution in [0.2, 0.25) is 0 Å². The first-order valence-electron chi connectivity index (χ1n) is 9.25. The fraction of sp³-hybridized carbons (Fsp3) is 0.130. The van der Waals surface area contributed by atoms with E-state index in [1.807, 2.05) is 31.2 Å². The van der Waals surface area contributed by atoms with E-state index in [9.17, 15) is 4.79 Å². The summed E-state index contributed by atoms with van der Waals surface area (Å²) in [4.78, 5) is 17.0. The molecule has 4 aromatic rings. The number of rotatable bonds is 6. The number of hydrogen-bond acceptors (Lipinski definition) is 5. The van der Waals surface area contributed by atoms with Crippen LogP contribution >= 0.6 is 0 Å². The van der Waals surface area contributed by atoms with Crippen molar-refractivity contribution in [3.8, 4) is 23.0 Å². The molecule has 0 radical (unpaired) electrons. The maximum atomic E-state index is 12.5. The maximum Gasteiger partial charge on any atom is 0.255 e. The summed E-state index contributed by atoms with van der Waals surface area (Å²) in [7, 11) is 1.62. The van der Waals surface area contributed by atoms with Gasteiger partial charge in [0.05, 0.1) is 13.7 Å². The van der Waals surface area contributed by atoms with E-state index in [2.05, 4.69) is 10.3 Å². The lowest BCUT2D eigenvalue weighted by Gasteiger charge is -2.06. The Morgan fingerprint density at radius 2 is 1.86 bits per heavy atom. The van der Waals surface area contributed by atoms with Gasteiger partial charge in [-0.3, -0.25) is 4.79 Å². The molecule has 6 nitrogen and oxygen atoms in total. The highest BCUT2D eigenvalue weighted by Crippen LogP contribution is 2.28. The second-order valence-corrected chi connectivity index (χ2v) is 6.34. The Labute approximate surface area is 168 Å². The molecule has 0 spiro atoms. The number of methoxy groups -OCH3 is 1. The van der Waals surface area contributed by atoms with E-state index in [4.69, 9.17) is 13.9 Å². The summed E-state index contributed by atoms with van der Waals surface area (Å²) < 4.78 is 16.5. The molecular formula is C23H20N2O4. The van der Waals surface area contributed by atoms with Crippen molar-refractivity contribution in [3.05, 3.63) is 72.3 Å². The van der Waals surface area contributed by atoms with Crippen molar-refractivity contribution < 1.29 is 18.7 Å². The minimum atomic E-state index is -0.205. The zero-order chi connectivity index (χ0) is 20.2. The number of ether oxygens (including phenoxy) is 2. The summed E-state index contributed by atoms with van der Waals surface area (Å²) in [6.45, 7) is 2.50. The normalized spacial score (nSPS) is 10.7. The molecule has 0 fully saturated rings. The zero-order valence-electron chi connectivity index (χ0n) is 16.1. The van der Waals surface area contributed by atoms with E-state index < -0.39 is 0 Å². The molecule has 6 heteroatoms. The maximum absolute atomic E-state index is 12.5. The Balaban J connectivity index is 1.54. The van der Waals surface area contributed by atoms with Crippen LogP contribution in [-0.4, -0.2) is 24.6 Å². The number of aromatic nitrogens is 1. The first-order chi connectivity index (χ1) is 14.2. The molecule has 3 aromatic carbocycles. The number of hydrogen-bond donors (Lipinski definition) is 1. The van der Waals surface area contributed by atoms with Crippen LogP contribution in [0.5, 0.6) is 11.5 Å². The molecule has 1 aromatic heterocycles. The Morgan fingerprint density at radius 3 is 2.62 bits per heavy atom. The Bertz CT molecular complexity index is 1150. The van der Waals surface area contributed by atoms with E-state index >= 15 is 0 Å². The topological polar surface area (TPSA) is 73.6 Å². The van der Waals surface area contributed by atoms with Gasteiger partial charge in [0.1, 0.15) is 17.0 Å². The van der Waals surface area contributed by atoms with Gasteiger partial charge in [0, 0.05) is 16.8 Å². The van der Waals surface area contributed by atoms with Crippen LogP contribution in [0.15, 0.2) is 71.1 Å². The average Bonchev–Trinajstić information content (AvgIpc) is 3.18. The van der Waals surface area contributed by atoms with Crippen molar-refractivity contribution in [1.82, 2.24) is 4.98 Å². The highest BCUT2D eigenvalue weighted by molar-refractivity contribution is 6.05. The molecular weight excluding hydrogens is 368 g/mol. The van der Waals surface area contributed by atoms with E-state index in [1.165, 1.54) is 0 Å². The lowest BCUT2D eigenvalue weighted by atomic mass is 10.2. The molecule has 29 heavy (non-hydrogen) atoms. The Kier molecular flexibility index (Phi) is 5.16. The molecule has 0 saturated heterocycles. The van der Waals surface area contributed by atoms with Gasteiger partial charge >= 0.3 is 0 Å². The van der Waals surface area contributed by atoms with Gasteiger partial charge in [-0.15, -0.1) is 0 Å². The number of anilines is 1. The number of carbonyl (C=O) groups excluding carboxylic acids is 1. The van der Waals surface area contributed by atoms with Gasteiger partial charge in [-0.05, 0) is 67.6 Å². The highest BCUT2D eigenvalue weighted by Gasteiger charge is 2.11. The van der Waals surface area contributed by atoms with Crippen LogP contribution in [0.25, 0.3) is 22.6 Å². The quantitative estimate of drug-likeness (QED) is 0.494. The summed E-state index contributed by atoms with van der Waals surface area (Å²) in [5.74, 6) is 1.75. The predicted molar refractivity (Wildman–Crippen MR) is 112 cm³/mol. The number of benzene rings is 3. The van der Waals surface area contributed by atoms with Gasteiger partial charge in [-0.2, -0.15) is 0 Å². The second kappa shape index (κ2) is 8.06. The second-order valence-electron chi connectivity index (χ2n) is 6.34. The summed E-state index contributed by atoms with van der Waals surface area (Å²) >= 11 is 0. The number of amides is 1. The molecule has 146 valence electrons. The molecule has 0 aliphatic carbocycles. The Hall–Kier alpha value is -3.80. The molecule has 1 heterocycles. The molecule has 4 rings (SSSR count). The van der Waals surface area contributed by atoms with Gasteiger partial charge in [-0.1, -0.05) is 6.07 Å². The van der Waals surface area contributed by atoms with E-state index in [0.29, 0.717) is 34.8 Å². The molecule has 0 aliphatic rings. The fourth-order valence-electron chi connectivity index (χ4n) is 2.96. The Morgan fingerprint density at radius 1 is 1.03 bits per heavy atom. The van der Waals surface area contributed by atoms with Gasteiger partial charge in [0.25, 0.3) is 5.91 Å². The van der Waals surface area contributed by atoms with Crippen LogP contribution in [-0.2, 0) is 0 Å². The molecule has 0 aliphatic heterocycles. The monoisotopic (exact) mass is 388 g/mol. The standard InChI is InChI=1S/C23H20N2O4/c1-3-28-18-10-7-15(8-11-18)22(26)24-17-9-12-21-20(14-17)25-23(29-21)16-5-4-6-19(13-16)27-2/h4-14H,3H2,1-2H3,(H,24,26). The lowest BCUT2D eigenvalue weighted by Crippen LogP contribution is -2.11. The summed E-state index contributed by atoms with van der Waals surface area (Å²) in [5.41, 5.74) is 3.31. The van der Waals surface area contributed by atoms with Crippen molar-refractivity contribution in [1.29, 1.82) is 0 Å². The number of oxazole rings is 1. The lowest BCUT2D eigenvalue weighted by molar-refractivity contribution is 0.102. The highest BCUT2D eigenvalue weighted by atomic mass is 16.5. The third kappa shape index (κ3) is 4.06. The third-order valence-electron chi connectivity index (χ3n) is 4.39. The molecule has 0 saturated carbocycles. The minimum Gasteiger partial charge on any atom is -0.497 e. The van der Waals surface area contributed by atoms with E-state index in [1.54, 1.807) is 49.6 Å². The van der Waals surface area contributed by atoms with Crippen molar-refractivity contribution in [2.45, 2.75) is 6.92 Å².